The van der Waals surface area contributed by atoms with Crippen molar-refractivity contribution >= 4 is 6.29 Å². The molecule has 1 aliphatic carbocycles. The molecule has 0 aromatic carbocycles. The minimum atomic E-state index is -4.13. The van der Waals surface area contributed by atoms with Gasteiger partial charge >= 0.3 is 6.18 Å². The number of hydrogen-bond donors (Lipinski definition) is 0. The highest BCUT2D eigenvalue weighted by molar-refractivity contribution is 5.54. The van der Waals surface area contributed by atoms with Gasteiger partial charge in [-0.1, -0.05) is 6.42 Å². The summed E-state index contributed by atoms with van der Waals surface area (Å²) in [6.07, 6.45) is -1.31. The molecule has 0 amide bonds. The molecule has 2 unspecified atom stereocenters. The standard InChI is InChI=1S/C8H10F3O/c9-8(10,11)7-3-1-2-6(4-7)5-12/h6-7H,1-4H2. The molecule has 0 heterocycles. The van der Waals surface area contributed by atoms with E-state index in [1.54, 1.807) is 6.29 Å². The molecule has 0 aromatic rings. The Morgan fingerprint density at radius 2 is 1.92 bits per heavy atom. The van der Waals surface area contributed by atoms with Gasteiger partial charge in [-0.2, -0.15) is 13.2 Å². The number of carbonyl (C=O) groups excluding carboxylic acids is 1. The van der Waals surface area contributed by atoms with Gasteiger partial charge in [-0.25, -0.2) is 0 Å². The van der Waals surface area contributed by atoms with Crippen LogP contribution in [0.2, 0.25) is 0 Å². The van der Waals surface area contributed by atoms with Gasteiger partial charge in [0.05, 0.1) is 5.92 Å². The highest BCUT2D eigenvalue weighted by Gasteiger charge is 2.42. The molecular weight excluding hydrogens is 169 g/mol. The minimum Gasteiger partial charge on any atom is -0.291 e. The lowest BCUT2D eigenvalue weighted by molar-refractivity contribution is -0.183. The van der Waals surface area contributed by atoms with E-state index in [4.69, 9.17) is 0 Å². The van der Waals surface area contributed by atoms with Gasteiger partial charge in [-0.3, -0.25) is 4.79 Å². The van der Waals surface area contributed by atoms with E-state index >= 15 is 0 Å². The van der Waals surface area contributed by atoms with E-state index in [-0.39, 0.29) is 12.8 Å². The van der Waals surface area contributed by atoms with Gasteiger partial charge in [0, 0.05) is 5.92 Å². The molecule has 0 saturated heterocycles. The predicted octanol–water partition coefficient (Wildman–Crippen LogP) is 2.46. The van der Waals surface area contributed by atoms with Crippen LogP contribution in [-0.2, 0) is 4.79 Å². The Hall–Kier alpha value is -0.540. The molecule has 0 spiro atoms. The molecule has 0 bridgehead atoms. The number of rotatable bonds is 1. The van der Waals surface area contributed by atoms with E-state index in [0.717, 1.165) is 0 Å². The number of alkyl halides is 3. The van der Waals surface area contributed by atoms with Crippen LogP contribution in [0.3, 0.4) is 0 Å². The third-order valence-electron chi connectivity index (χ3n) is 2.30. The maximum Gasteiger partial charge on any atom is 0.391 e. The fourth-order valence-corrected chi connectivity index (χ4v) is 1.59. The summed E-state index contributed by atoms with van der Waals surface area (Å²) in [5, 5.41) is 0. The van der Waals surface area contributed by atoms with Crippen molar-refractivity contribution in [3.8, 4) is 0 Å². The molecule has 12 heavy (non-hydrogen) atoms. The van der Waals surface area contributed by atoms with Crippen molar-refractivity contribution in [1.29, 1.82) is 0 Å². The second kappa shape index (κ2) is 3.46. The second-order valence-corrected chi connectivity index (χ2v) is 3.22. The Balaban J connectivity index is 2.51. The van der Waals surface area contributed by atoms with Gasteiger partial charge in [0.15, 0.2) is 0 Å². The first kappa shape index (κ1) is 9.55. The predicted molar refractivity (Wildman–Crippen MR) is 37.2 cm³/mol. The Labute approximate surface area is 68.9 Å². The Morgan fingerprint density at radius 3 is 2.42 bits per heavy atom. The van der Waals surface area contributed by atoms with E-state index in [9.17, 15) is 18.0 Å². The average molecular weight is 179 g/mol. The van der Waals surface area contributed by atoms with E-state index in [1.807, 2.05) is 0 Å². The van der Waals surface area contributed by atoms with Crippen molar-refractivity contribution in [1.82, 2.24) is 0 Å². The van der Waals surface area contributed by atoms with Crippen LogP contribution in [0.15, 0.2) is 0 Å². The third kappa shape index (κ3) is 2.22. The van der Waals surface area contributed by atoms with Crippen molar-refractivity contribution in [2.24, 2.45) is 11.8 Å². The molecule has 0 N–H and O–H groups in total. The average Bonchev–Trinajstić information content (AvgIpc) is 2.03. The largest absolute Gasteiger partial charge is 0.391 e. The van der Waals surface area contributed by atoms with Crippen molar-refractivity contribution in [3.05, 3.63) is 0 Å². The topological polar surface area (TPSA) is 17.1 Å². The molecule has 1 saturated carbocycles. The van der Waals surface area contributed by atoms with Crippen molar-refractivity contribution in [2.45, 2.75) is 31.9 Å². The molecule has 2 atom stereocenters. The lowest BCUT2D eigenvalue weighted by atomic mass is 9.82. The second-order valence-electron chi connectivity index (χ2n) is 3.22. The van der Waals surface area contributed by atoms with Crippen LogP contribution < -0.4 is 0 Å². The molecule has 1 aliphatic rings. The van der Waals surface area contributed by atoms with Gasteiger partial charge in [0.1, 0.15) is 0 Å². The smallest absolute Gasteiger partial charge is 0.291 e. The fourth-order valence-electron chi connectivity index (χ4n) is 1.59. The van der Waals surface area contributed by atoms with Gasteiger partial charge in [-0.05, 0) is 19.3 Å². The van der Waals surface area contributed by atoms with Crippen LogP contribution >= 0.6 is 0 Å². The van der Waals surface area contributed by atoms with Gasteiger partial charge in [-0.15, -0.1) is 0 Å². The molecule has 69 valence electrons. The van der Waals surface area contributed by atoms with E-state index in [2.05, 4.69) is 0 Å². The molecular formula is C8H10F3O. The minimum absolute atomic E-state index is 0.0625. The summed E-state index contributed by atoms with van der Waals surface area (Å²) in [5.74, 6) is -1.77. The van der Waals surface area contributed by atoms with Crippen LogP contribution in [0.5, 0.6) is 0 Å². The summed E-state index contributed by atoms with van der Waals surface area (Å²) < 4.78 is 36.4. The van der Waals surface area contributed by atoms with Gasteiger partial charge < -0.3 is 0 Å². The van der Waals surface area contributed by atoms with E-state index < -0.39 is 18.0 Å². The lowest BCUT2D eigenvalue weighted by Gasteiger charge is -2.27. The summed E-state index contributed by atoms with van der Waals surface area (Å²) in [7, 11) is 0. The zero-order chi connectivity index (χ0) is 9.19. The molecule has 1 fully saturated rings. The Kier molecular flexibility index (Phi) is 2.75. The van der Waals surface area contributed by atoms with Gasteiger partial charge in [0.2, 0.25) is 6.29 Å². The fraction of sp³-hybridized carbons (Fsp3) is 0.875. The van der Waals surface area contributed by atoms with Gasteiger partial charge in [0.25, 0.3) is 0 Å². The summed E-state index contributed by atoms with van der Waals surface area (Å²) in [4.78, 5) is 10.1. The van der Waals surface area contributed by atoms with Crippen LogP contribution in [-0.4, -0.2) is 12.5 Å². The first-order valence-electron chi connectivity index (χ1n) is 3.98. The monoisotopic (exact) mass is 179 g/mol. The first-order chi connectivity index (χ1) is 5.54. The molecule has 4 heteroatoms. The Bertz CT molecular complexity index is 164. The zero-order valence-electron chi connectivity index (χ0n) is 6.53. The SMILES string of the molecule is O=[C]C1CCCC(C(F)(F)F)C1. The first-order valence-corrected chi connectivity index (χ1v) is 3.98. The van der Waals surface area contributed by atoms with Crippen molar-refractivity contribution < 1.29 is 18.0 Å². The van der Waals surface area contributed by atoms with E-state index in [0.29, 0.717) is 12.8 Å². The van der Waals surface area contributed by atoms with Crippen molar-refractivity contribution in [2.75, 3.05) is 0 Å². The van der Waals surface area contributed by atoms with Crippen LogP contribution in [0.1, 0.15) is 25.7 Å². The Morgan fingerprint density at radius 1 is 1.25 bits per heavy atom. The number of halogens is 3. The molecule has 0 aliphatic heterocycles. The maximum atomic E-state index is 12.1. The molecule has 1 nitrogen and oxygen atoms in total. The van der Waals surface area contributed by atoms with Crippen LogP contribution in [0.4, 0.5) is 13.2 Å². The zero-order valence-corrected chi connectivity index (χ0v) is 6.53. The van der Waals surface area contributed by atoms with E-state index in [1.165, 1.54) is 0 Å². The van der Waals surface area contributed by atoms with Crippen LogP contribution in [0.25, 0.3) is 0 Å². The molecule has 1 radical (unpaired) electrons. The highest BCUT2D eigenvalue weighted by Crippen LogP contribution is 2.39. The molecule has 1 rings (SSSR count). The normalized spacial score (nSPS) is 31.6. The third-order valence-corrected chi connectivity index (χ3v) is 2.30. The summed E-state index contributed by atoms with van der Waals surface area (Å²) in [5.41, 5.74) is 0. The summed E-state index contributed by atoms with van der Waals surface area (Å²) in [6, 6.07) is 0. The summed E-state index contributed by atoms with van der Waals surface area (Å²) >= 11 is 0. The quantitative estimate of drug-likeness (QED) is 0.604. The summed E-state index contributed by atoms with van der Waals surface area (Å²) in [6.45, 7) is 0. The van der Waals surface area contributed by atoms with Crippen molar-refractivity contribution in [3.63, 3.8) is 0 Å². The highest BCUT2D eigenvalue weighted by atomic mass is 19.4. The van der Waals surface area contributed by atoms with Crippen LogP contribution in [0, 0.1) is 11.8 Å². The molecule has 0 aromatic heterocycles. The maximum absolute atomic E-state index is 12.1. The number of hydrogen-bond acceptors (Lipinski definition) is 1. The lowest BCUT2D eigenvalue weighted by Crippen LogP contribution is -2.29.